The minimum atomic E-state index is 0.0842. The summed E-state index contributed by atoms with van der Waals surface area (Å²) in [5, 5.41) is 14.3. The lowest BCUT2D eigenvalue weighted by molar-refractivity contribution is 0.147. The van der Waals surface area contributed by atoms with E-state index in [1.54, 1.807) is 0 Å². The molecule has 2 aliphatic rings. The maximum atomic E-state index is 10.4. The van der Waals surface area contributed by atoms with Crippen molar-refractivity contribution in [2.75, 3.05) is 33.2 Å². The Balaban J connectivity index is 1.47. The second-order valence-corrected chi connectivity index (χ2v) is 9.00. The smallest absolute Gasteiger partial charge is 0.120 e. The molecule has 0 radical (unpaired) electrons. The molecule has 156 valence electrons. The van der Waals surface area contributed by atoms with Crippen LogP contribution in [0.4, 0.5) is 0 Å². The van der Waals surface area contributed by atoms with Crippen LogP contribution in [-0.2, 0) is 18.6 Å². The summed E-state index contributed by atoms with van der Waals surface area (Å²) in [6.45, 7) is 8.22. The number of rotatable bonds is 6. The maximum absolute atomic E-state index is 10.4. The van der Waals surface area contributed by atoms with Gasteiger partial charge in [0.25, 0.3) is 0 Å². The van der Waals surface area contributed by atoms with Crippen LogP contribution in [0.1, 0.15) is 47.9 Å². The van der Waals surface area contributed by atoms with Crippen molar-refractivity contribution in [3.8, 4) is 5.75 Å². The standard InChI is InChI=1S/C25H35N3O/c1-20-7-3-4-8-23(20)25(11-5-6-12-25)26-18-21-9-10-24(29)22(17-21)19-28-15-13-27(2)14-16-28/h3-4,7-10,17,26,29H,5-6,11-16,18-19H2,1-2H3. The van der Waals surface area contributed by atoms with Gasteiger partial charge in [0.15, 0.2) is 0 Å². The van der Waals surface area contributed by atoms with Crippen LogP contribution in [0, 0.1) is 6.92 Å². The third-order valence-corrected chi connectivity index (χ3v) is 6.88. The van der Waals surface area contributed by atoms with Crippen LogP contribution in [0.3, 0.4) is 0 Å². The summed E-state index contributed by atoms with van der Waals surface area (Å²) >= 11 is 0. The maximum Gasteiger partial charge on any atom is 0.120 e. The van der Waals surface area contributed by atoms with Gasteiger partial charge in [0, 0.05) is 50.4 Å². The average Bonchev–Trinajstić information content (AvgIpc) is 3.20. The molecule has 0 bridgehead atoms. The predicted molar refractivity (Wildman–Crippen MR) is 119 cm³/mol. The lowest BCUT2D eigenvalue weighted by atomic mass is 9.85. The van der Waals surface area contributed by atoms with E-state index >= 15 is 0 Å². The van der Waals surface area contributed by atoms with E-state index in [0.717, 1.165) is 44.8 Å². The van der Waals surface area contributed by atoms with Crippen molar-refractivity contribution in [1.29, 1.82) is 0 Å². The quantitative estimate of drug-likeness (QED) is 0.778. The molecule has 2 aromatic rings. The lowest BCUT2D eigenvalue weighted by Crippen LogP contribution is -2.43. The van der Waals surface area contributed by atoms with E-state index in [1.165, 1.54) is 42.4 Å². The molecule has 4 heteroatoms. The highest BCUT2D eigenvalue weighted by Crippen LogP contribution is 2.40. The van der Waals surface area contributed by atoms with Gasteiger partial charge in [0.05, 0.1) is 0 Å². The number of piperazine rings is 1. The molecule has 0 aromatic heterocycles. The number of phenolic OH excluding ortho intramolecular Hbond substituents is 1. The van der Waals surface area contributed by atoms with Gasteiger partial charge in [-0.15, -0.1) is 0 Å². The minimum absolute atomic E-state index is 0.0842. The molecule has 0 spiro atoms. The second kappa shape index (κ2) is 8.86. The highest BCUT2D eigenvalue weighted by molar-refractivity contribution is 5.37. The SMILES string of the molecule is Cc1ccccc1C1(NCc2ccc(O)c(CN3CCN(C)CC3)c2)CCCC1. The fourth-order valence-corrected chi connectivity index (χ4v) is 5.02. The van der Waals surface area contributed by atoms with Crippen molar-refractivity contribution >= 4 is 0 Å². The first kappa shape index (κ1) is 20.4. The Hall–Kier alpha value is -1.88. The first-order chi connectivity index (χ1) is 14.1. The molecule has 2 fully saturated rings. The molecule has 29 heavy (non-hydrogen) atoms. The summed E-state index contributed by atoms with van der Waals surface area (Å²) in [6.07, 6.45) is 4.96. The van der Waals surface area contributed by atoms with Gasteiger partial charge < -0.3 is 15.3 Å². The molecule has 1 aliphatic heterocycles. The molecule has 4 rings (SSSR count). The van der Waals surface area contributed by atoms with Crippen molar-refractivity contribution in [2.45, 2.75) is 51.2 Å². The van der Waals surface area contributed by atoms with Crippen molar-refractivity contribution < 1.29 is 5.11 Å². The van der Waals surface area contributed by atoms with E-state index in [0.29, 0.717) is 5.75 Å². The van der Waals surface area contributed by atoms with E-state index in [1.807, 2.05) is 6.07 Å². The van der Waals surface area contributed by atoms with Crippen molar-refractivity contribution in [3.63, 3.8) is 0 Å². The number of hydrogen-bond donors (Lipinski definition) is 2. The fraction of sp³-hybridized carbons (Fsp3) is 0.520. The van der Waals surface area contributed by atoms with Crippen LogP contribution in [0.25, 0.3) is 0 Å². The Morgan fingerprint density at radius 2 is 1.72 bits per heavy atom. The number of aryl methyl sites for hydroxylation is 1. The van der Waals surface area contributed by atoms with Crippen molar-refractivity contribution in [2.24, 2.45) is 0 Å². The zero-order valence-corrected chi connectivity index (χ0v) is 18.0. The van der Waals surface area contributed by atoms with E-state index in [2.05, 4.69) is 65.5 Å². The second-order valence-electron chi connectivity index (χ2n) is 9.00. The van der Waals surface area contributed by atoms with Gasteiger partial charge in [-0.05, 0) is 55.6 Å². The lowest BCUT2D eigenvalue weighted by Gasteiger charge is -2.33. The number of phenols is 1. The minimum Gasteiger partial charge on any atom is -0.508 e. The number of hydrogen-bond acceptors (Lipinski definition) is 4. The molecular formula is C25H35N3O. The molecule has 2 aromatic carbocycles. The number of benzene rings is 2. The topological polar surface area (TPSA) is 38.7 Å². The Kier molecular flexibility index (Phi) is 6.23. The third-order valence-electron chi connectivity index (χ3n) is 6.88. The summed E-state index contributed by atoms with van der Waals surface area (Å²) in [4.78, 5) is 4.81. The van der Waals surface area contributed by atoms with Gasteiger partial charge in [0.2, 0.25) is 0 Å². The first-order valence-electron chi connectivity index (χ1n) is 11.1. The molecule has 1 saturated heterocycles. The fourth-order valence-electron chi connectivity index (χ4n) is 5.02. The Morgan fingerprint density at radius 3 is 2.45 bits per heavy atom. The summed E-state index contributed by atoms with van der Waals surface area (Å²) in [5.41, 5.74) is 5.22. The van der Waals surface area contributed by atoms with Crippen LogP contribution in [0.2, 0.25) is 0 Å². The zero-order chi connectivity index (χ0) is 20.3. The highest BCUT2D eigenvalue weighted by Gasteiger charge is 2.35. The van der Waals surface area contributed by atoms with Crippen LogP contribution in [-0.4, -0.2) is 48.1 Å². The third kappa shape index (κ3) is 4.66. The molecule has 4 nitrogen and oxygen atoms in total. The van der Waals surface area contributed by atoms with Gasteiger partial charge in [-0.3, -0.25) is 4.90 Å². The monoisotopic (exact) mass is 393 g/mol. The predicted octanol–water partition coefficient (Wildman–Crippen LogP) is 4.01. The van der Waals surface area contributed by atoms with E-state index in [4.69, 9.17) is 0 Å². The molecule has 2 N–H and O–H groups in total. The normalized spacial score (nSPS) is 20.2. The number of likely N-dealkylation sites (N-methyl/N-ethyl adjacent to an activating group) is 1. The number of nitrogens with one attached hydrogen (secondary N) is 1. The molecule has 1 aliphatic carbocycles. The van der Waals surface area contributed by atoms with E-state index in [9.17, 15) is 5.11 Å². The van der Waals surface area contributed by atoms with Crippen LogP contribution < -0.4 is 5.32 Å². The molecule has 0 atom stereocenters. The van der Waals surface area contributed by atoms with Crippen LogP contribution >= 0.6 is 0 Å². The Labute approximate surface area is 175 Å². The van der Waals surface area contributed by atoms with Gasteiger partial charge in [-0.1, -0.05) is 43.2 Å². The Bertz CT molecular complexity index is 821. The highest BCUT2D eigenvalue weighted by atomic mass is 16.3. The number of aromatic hydroxyl groups is 1. The van der Waals surface area contributed by atoms with Crippen LogP contribution in [0.5, 0.6) is 5.75 Å². The van der Waals surface area contributed by atoms with Gasteiger partial charge in [0.1, 0.15) is 5.75 Å². The largest absolute Gasteiger partial charge is 0.508 e. The Morgan fingerprint density at radius 1 is 1.00 bits per heavy atom. The number of nitrogens with zero attached hydrogens (tertiary/aromatic N) is 2. The summed E-state index contributed by atoms with van der Waals surface area (Å²) in [7, 11) is 2.18. The van der Waals surface area contributed by atoms with Gasteiger partial charge in [-0.25, -0.2) is 0 Å². The molecule has 0 unspecified atom stereocenters. The van der Waals surface area contributed by atoms with Crippen molar-refractivity contribution in [1.82, 2.24) is 15.1 Å². The summed E-state index contributed by atoms with van der Waals surface area (Å²) < 4.78 is 0. The summed E-state index contributed by atoms with van der Waals surface area (Å²) in [6, 6.07) is 15.0. The van der Waals surface area contributed by atoms with Crippen molar-refractivity contribution in [3.05, 3.63) is 64.7 Å². The van der Waals surface area contributed by atoms with E-state index < -0.39 is 0 Å². The first-order valence-corrected chi connectivity index (χ1v) is 11.1. The van der Waals surface area contributed by atoms with Crippen LogP contribution in [0.15, 0.2) is 42.5 Å². The average molecular weight is 394 g/mol. The molecule has 1 heterocycles. The van der Waals surface area contributed by atoms with Gasteiger partial charge >= 0.3 is 0 Å². The summed E-state index contributed by atoms with van der Waals surface area (Å²) in [5.74, 6) is 0.419. The molecule has 1 saturated carbocycles. The zero-order valence-electron chi connectivity index (χ0n) is 18.0. The molecule has 0 amide bonds. The van der Waals surface area contributed by atoms with E-state index in [-0.39, 0.29) is 5.54 Å². The van der Waals surface area contributed by atoms with Gasteiger partial charge in [-0.2, -0.15) is 0 Å². The molecular weight excluding hydrogens is 358 g/mol.